The van der Waals surface area contributed by atoms with Crippen LogP contribution in [0.15, 0.2) is 18.3 Å². The maximum absolute atomic E-state index is 10.5. The third-order valence-corrected chi connectivity index (χ3v) is 3.19. The molecule has 2 heterocycles. The van der Waals surface area contributed by atoms with Gasteiger partial charge in [-0.05, 0) is 26.1 Å². The molecule has 1 saturated heterocycles. The van der Waals surface area contributed by atoms with Gasteiger partial charge in [-0.25, -0.2) is 4.98 Å². The summed E-state index contributed by atoms with van der Waals surface area (Å²) in [4.78, 5) is 19.4. The molecule has 0 bridgehead atoms. The number of carbonyl (C=O) groups excluding carboxylic acids is 1. The first kappa shape index (κ1) is 11.1. The molecule has 0 aromatic carbocycles. The van der Waals surface area contributed by atoms with E-state index in [0.717, 1.165) is 31.7 Å². The van der Waals surface area contributed by atoms with Crippen LogP contribution in [-0.4, -0.2) is 48.9 Å². The van der Waals surface area contributed by atoms with E-state index < -0.39 is 0 Å². The lowest BCUT2D eigenvalue weighted by Crippen LogP contribution is -2.50. The van der Waals surface area contributed by atoms with Crippen molar-refractivity contribution in [1.82, 2.24) is 9.88 Å². The number of hydrogen-bond acceptors (Lipinski definition) is 4. The maximum Gasteiger partial charge on any atom is 0.151 e. The van der Waals surface area contributed by atoms with Crippen molar-refractivity contribution in [3.05, 3.63) is 23.9 Å². The molecule has 1 aromatic rings. The van der Waals surface area contributed by atoms with Crippen LogP contribution < -0.4 is 4.90 Å². The Hall–Kier alpha value is -1.42. The number of nitrogens with zero attached hydrogens (tertiary/aromatic N) is 3. The molecule has 0 radical (unpaired) electrons. The Morgan fingerprint density at radius 3 is 2.81 bits per heavy atom. The van der Waals surface area contributed by atoms with Crippen molar-refractivity contribution in [3.8, 4) is 0 Å². The fraction of sp³-hybridized carbons (Fsp3) is 0.500. The van der Waals surface area contributed by atoms with Gasteiger partial charge >= 0.3 is 0 Å². The summed E-state index contributed by atoms with van der Waals surface area (Å²) in [6.07, 6.45) is 2.45. The number of carbonyl (C=O) groups is 1. The van der Waals surface area contributed by atoms with Crippen molar-refractivity contribution in [3.63, 3.8) is 0 Å². The van der Waals surface area contributed by atoms with Crippen LogP contribution >= 0.6 is 0 Å². The van der Waals surface area contributed by atoms with Crippen LogP contribution in [-0.2, 0) is 0 Å². The van der Waals surface area contributed by atoms with Crippen LogP contribution in [0.4, 0.5) is 5.82 Å². The van der Waals surface area contributed by atoms with E-state index in [9.17, 15) is 4.79 Å². The molecule has 0 spiro atoms. The van der Waals surface area contributed by atoms with Crippen molar-refractivity contribution in [2.75, 3.05) is 31.6 Å². The second kappa shape index (κ2) is 4.61. The summed E-state index contributed by atoms with van der Waals surface area (Å²) < 4.78 is 0. The predicted molar refractivity (Wildman–Crippen MR) is 63.9 cm³/mol. The molecular formula is C12H17N3O. The summed E-state index contributed by atoms with van der Waals surface area (Å²) in [5.41, 5.74) is 0.630. The Balaban J connectivity index is 2.09. The molecule has 1 aromatic heterocycles. The van der Waals surface area contributed by atoms with Gasteiger partial charge < -0.3 is 9.80 Å². The van der Waals surface area contributed by atoms with Crippen LogP contribution in [0.25, 0.3) is 0 Å². The molecule has 0 amide bonds. The summed E-state index contributed by atoms with van der Waals surface area (Å²) in [5.74, 6) is 0.963. The summed E-state index contributed by atoms with van der Waals surface area (Å²) in [6, 6.07) is 4.28. The molecule has 1 aliphatic rings. The summed E-state index contributed by atoms with van der Waals surface area (Å²) in [6.45, 7) is 5.25. The molecule has 1 atom stereocenters. The monoisotopic (exact) mass is 219 g/mol. The number of aldehydes is 1. The minimum absolute atomic E-state index is 0.543. The summed E-state index contributed by atoms with van der Waals surface area (Å²) >= 11 is 0. The fourth-order valence-corrected chi connectivity index (χ4v) is 1.91. The minimum Gasteiger partial charge on any atom is -0.354 e. The third kappa shape index (κ3) is 2.22. The number of anilines is 1. The van der Waals surface area contributed by atoms with Gasteiger partial charge in [0.05, 0.1) is 0 Å². The predicted octanol–water partition coefficient (Wildman–Crippen LogP) is 1.03. The first-order valence-electron chi connectivity index (χ1n) is 5.57. The Bertz CT molecular complexity index is 363. The van der Waals surface area contributed by atoms with E-state index >= 15 is 0 Å². The van der Waals surface area contributed by atoms with E-state index in [1.54, 1.807) is 6.20 Å². The lowest BCUT2D eigenvalue weighted by Gasteiger charge is -2.38. The van der Waals surface area contributed by atoms with Crippen molar-refractivity contribution < 1.29 is 4.79 Å². The van der Waals surface area contributed by atoms with E-state index in [4.69, 9.17) is 0 Å². The van der Waals surface area contributed by atoms with Crippen LogP contribution in [0.1, 0.15) is 17.3 Å². The minimum atomic E-state index is 0.543. The highest BCUT2D eigenvalue weighted by Crippen LogP contribution is 2.15. The Morgan fingerprint density at radius 2 is 2.25 bits per heavy atom. The zero-order valence-corrected chi connectivity index (χ0v) is 9.76. The molecule has 1 fully saturated rings. The van der Waals surface area contributed by atoms with Gasteiger partial charge in [-0.3, -0.25) is 4.79 Å². The van der Waals surface area contributed by atoms with Crippen LogP contribution in [0, 0.1) is 0 Å². The molecule has 4 heteroatoms. The average molecular weight is 219 g/mol. The van der Waals surface area contributed by atoms with Gasteiger partial charge in [0.15, 0.2) is 6.29 Å². The highest BCUT2D eigenvalue weighted by Gasteiger charge is 2.21. The van der Waals surface area contributed by atoms with Gasteiger partial charge in [0, 0.05) is 37.4 Å². The number of aromatic nitrogens is 1. The van der Waals surface area contributed by atoms with Crippen LogP contribution in [0.2, 0.25) is 0 Å². The second-order valence-electron chi connectivity index (χ2n) is 4.34. The number of hydrogen-bond donors (Lipinski definition) is 0. The van der Waals surface area contributed by atoms with E-state index in [0.29, 0.717) is 11.6 Å². The van der Waals surface area contributed by atoms with Gasteiger partial charge in [0.1, 0.15) is 5.82 Å². The second-order valence-corrected chi connectivity index (χ2v) is 4.34. The highest BCUT2D eigenvalue weighted by molar-refractivity contribution is 5.74. The van der Waals surface area contributed by atoms with Gasteiger partial charge in [0.2, 0.25) is 0 Å². The third-order valence-electron chi connectivity index (χ3n) is 3.19. The molecule has 86 valence electrons. The molecular weight excluding hydrogens is 202 g/mol. The van der Waals surface area contributed by atoms with Crippen LogP contribution in [0.3, 0.4) is 0 Å². The molecule has 16 heavy (non-hydrogen) atoms. The lowest BCUT2D eigenvalue weighted by molar-refractivity contribution is 0.112. The summed E-state index contributed by atoms with van der Waals surface area (Å²) in [7, 11) is 2.14. The molecule has 0 aliphatic carbocycles. The highest BCUT2D eigenvalue weighted by atomic mass is 16.1. The van der Waals surface area contributed by atoms with Gasteiger partial charge in [-0.1, -0.05) is 0 Å². The molecule has 0 N–H and O–H groups in total. The van der Waals surface area contributed by atoms with Crippen molar-refractivity contribution in [1.29, 1.82) is 0 Å². The molecule has 2 rings (SSSR count). The number of rotatable bonds is 2. The Kier molecular flexibility index (Phi) is 3.19. The molecule has 1 aliphatic heterocycles. The number of piperazine rings is 1. The first-order chi connectivity index (χ1) is 7.70. The normalized spacial score (nSPS) is 22.1. The molecule has 4 nitrogen and oxygen atoms in total. The lowest BCUT2D eigenvalue weighted by atomic mass is 10.2. The summed E-state index contributed by atoms with van der Waals surface area (Å²) in [5, 5.41) is 0. The van der Waals surface area contributed by atoms with E-state index in [1.807, 2.05) is 12.1 Å². The smallest absolute Gasteiger partial charge is 0.151 e. The quantitative estimate of drug-likeness (QED) is 0.696. The SMILES string of the molecule is CC1CN(c2ccc(C=O)cn2)CCN1C. The average Bonchev–Trinajstić information content (AvgIpc) is 2.33. The Morgan fingerprint density at radius 1 is 1.44 bits per heavy atom. The van der Waals surface area contributed by atoms with Gasteiger partial charge in [-0.15, -0.1) is 0 Å². The fourth-order valence-electron chi connectivity index (χ4n) is 1.91. The number of likely N-dealkylation sites (N-methyl/N-ethyl adjacent to an activating group) is 1. The van der Waals surface area contributed by atoms with Crippen molar-refractivity contribution in [2.24, 2.45) is 0 Å². The standard InChI is InChI=1S/C12H17N3O/c1-10-8-15(6-5-14(10)2)12-4-3-11(9-16)7-13-12/h3-4,7,9-10H,5-6,8H2,1-2H3. The molecule has 0 saturated carbocycles. The number of pyridine rings is 1. The topological polar surface area (TPSA) is 36.4 Å². The van der Waals surface area contributed by atoms with Crippen molar-refractivity contribution in [2.45, 2.75) is 13.0 Å². The zero-order chi connectivity index (χ0) is 11.5. The zero-order valence-electron chi connectivity index (χ0n) is 9.76. The van der Waals surface area contributed by atoms with Gasteiger partial charge in [-0.2, -0.15) is 0 Å². The Labute approximate surface area is 95.9 Å². The van der Waals surface area contributed by atoms with Crippen molar-refractivity contribution >= 4 is 12.1 Å². The van der Waals surface area contributed by atoms with E-state index in [2.05, 4.69) is 28.8 Å². The maximum atomic E-state index is 10.5. The molecule has 1 unspecified atom stereocenters. The van der Waals surface area contributed by atoms with E-state index in [1.165, 1.54) is 0 Å². The van der Waals surface area contributed by atoms with E-state index in [-0.39, 0.29) is 0 Å². The largest absolute Gasteiger partial charge is 0.354 e. The first-order valence-corrected chi connectivity index (χ1v) is 5.57. The van der Waals surface area contributed by atoms with Crippen LogP contribution in [0.5, 0.6) is 0 Å². The van der Waals surface area contributed by atoms with Gasteiger partial charge in [0.25, 0.3) is 0 Å².